The van der Waals surface area contributed by atoms with E-state index in [1.54, 1.807) is 0 Å². The lowest BCUT2D eigenvalue weighted by Crippen LogP contribution is -2.28. The van der Waals surface area contributed by atoms with Crippen molar-refractivity contribution >= 4 is 13.8 Å². The molecule has 60 heavy (non-hydrogen) atoms. The largest absolute Gasteiger partial charge is 0.472 e. The van der Waals surface area contributed by atoms with E-state index in [4.69, 9.17) is 24.3 Å². The van der Waals surface area contributed by atoms with Gasteiger partial charge in [-0.05, 0) is 70.6 Å². The van der Waals surface area contributed by atoms with Gasteiger partial charge in [0.1, 0.15) is 6.10 Å². The molecule has 0 aliphatic rings. The van der Waals surface area contributed by atoms with Crippen molar-refractivity contribution in [3.05, 3.63) is 85.1 Å². The van der Waals surface area contributed by atoms with Gasteiger partial charge >= 0.3 is 13.8 Å². The highest BCUT2D eigenvalue weighted by molar-refractivity contribution is 7.47. The third-order valence-electron chi connectivity index (χ3n) is 9.83. The fourth-order valence-electron chi connectivity index (χ4n) is 6.33. The van der Waals surface area contributed by atoms with Crippen molar-refractivity contribution in [3.63, 3.8) is 0 Å². The van der Waals surface area contributed by atoms with Crippen LogP contribution in [0.4, 0.5) is 0 Å². The zero-order chi connectivity index (χ0) is 43.7. The molecule has 0 aromatic heterocycles. The maximum absolute atomic E-state index is 12.6. The lowest BCUT2D eigenvalue weighted by Gasteiger charge is -2.20. The van der Waals surface area contributed by atoms with Gasteiger partial charge in [-0.1, -0.05) is 202 Å². The molecule has 0 fully saturated rings. The number of nitrogens with two attached hydrogens (primary N) is 1. The first-order valence-electron chi connectivity index (χ1n) is 24.1. The van der Waals surface area contributed by atoms with Gasteiger partial charge in [0.25, 0.3) is 0 Å². The standard InChI is InChI=1S/C51H90NO7P/c1-3-5-7-9-11-13-15-17-19-21-22-23-24-25-26-27-29-31-33-35-37-39-41-43-46-56-48-50(49-58-60(54,55)57-47-45-52)59-51(53)44-42-40-38-36-34-32-30-28-20-18-16-14-12-10-8-6-4-2/h5,7,11,13,17,19,22-23,25-26,29,31,35,37,50H,3-4,6,8-10,12,14-16,18,20-21,24,27-28,30,32-34,36,38-49,52H2,1-2H3,(H,54,55)/b7-5-,13-11-,19-17-,23-22-,26-25-,31-29-,37-35-. The predicted octanol–water partition coefficient (Wildman–Crippen LogP) is 14.9. The molecule has 0 aromatic rings. The predicted molar refractivity (Wildman–Crippen MR) is 256 cm³/mol. The van der Waals surface area contributed by atoms with Crippen molar-refractivity contribution < 1.29 is 32.8 Å². The summed E-state index contributed by atoms with van der Waals surface area (Å²) in [7, 11) is -4.30. The fourth-order valence-corrected chi connectivity index (χ4v) is 7.09. The van der Waals surface area contributed by atoms with E-state index in [9.17, 15) is 14.3 Å². The second kappa shape index (κ2) is 47.7. The summed E-state index contributed by atoms with van der Waals surface area (Å²) < 4.78 is 33.5. The summed E-state index contributed by atoms with van der Waals surface area (Å²) in [4.78, 5) is 22.5. The maximum atomic E-state index is 12.6. The summed E-state index contributed by atoms with van der Waals surface area (Å²) >= 11 is 0. The molecular formula is C51H90NO7P. The summed E-state index contributed by atoms with van der Waals surface area (Å²) in [5.41, 5.74) is 5.38. The van der Waals surface area contributed by atoms with Crippen LogP contribution in [0.25, 0.3) is 0 Å². The maximum Gasteiger partial charge on any atom is 0.472 e. The molecule has 8 nitrogen and oxygen atoms in total. The summed E-state index contributed by atoms with van der Waals surface area (Å²) in [6.07, 6.45) is 61.9. The van der Waals surface area contributed by atoms with Gasteiger partial charge in [-0.15, -0.1) is 0 Å². The zero-order valence-corrected chi connectivity index (χ0v) is 39.3. The monoisotopic (exact) mass is 860 g/mol. The molecule has 0 rings (SSSR count). The van der Waals surface area contributed by atoms with Crippen molar-refractivity contribution in [1.82, 2.24) is 0 Å². The molecule has 0 aliphatic heterocycles. The van der Waals surface area contributed by atoms with Crippen LogP contribution in [-0.4, -0.2) is 49.9 Å². The van der Waals surface area contributed by atoms with Gasteiger partial charge in [0, 0.05) is 19.6 Å². The lowest BCUT2D eigenvalue weighted by atomic mass is 10.0. The highest BCUT2D eigenvalue weighted by atomic mass is 31.2. The average molecular weight is 860 g/mol. The number of hydrogen-bond acceptors (Lipinski definition) is 7. The number of esters is 1. The van der Waals surface area contributed by atoms with E-state index < -0.39 is 13.9 Å². The second-order valence-electron chi connectivity index (χ2n) is 15.6. The number of hydrogen-bond donors (Lipinski definition) is 2. The van der Waals surface area contributed by atoms with Crippen LogP contribution in [0, 0.1) is 0 Å². The Hall–Kier alpha value is -2.32. The molecule has 0 bridgehead atoms. The van der Waals surface area contributed by atoms with Crippen molar-refractivity contribution in [1.29, 1.82) is 0 Å². The summed E-state index contributed by atoms with van der Waals surface area (Å²) in [6.45, 7) is 4.70. The number of ether oxygens (including phenoxy) is 2. The first-order chi connectivity index (χ1) is 29.4. The van der Waals surface area contributed by atoms with Crippen LogP contribution in [0.5, 0.6) is 0 Å². The Bertz CT molecular complexity index is 1190. The quantitative estimate of drug-likeness (QED) is 0.0269. The van der Waals surface area contributed by atoms with E-state index >= 15 is 0 Å². The Kier molecular flexibility index (Phi) is 45.9. The summed E-state index contributed by atoms with van der Waals surface area (Å²) in [6, 6.07) is 0. The Morgan fingerprint density at radius 1 is 0.517 bits per heavy atom. The number of carbonyl (C=O) groups excluding carboxylic acids is 1. The highest BCUT2D eigenvalue weighted by Gasteiger charge is 2.25. The number of allylic oxidation sites excluding steroid dienone is 14. The van der Waals surface area contributed by atoms with Crippen molar-refractivity contribution in [2.24, 2.45) is 5.73 Å². The minimum Gasteiger partial charge on any atom is -0.457 e. The molecule has 2 atom stereocenters. The minimum atomic E-state index is -4.30. The Labute approximate surface area is 368 Å². The van der Waals surface area contributed by atoms with Crippen LogP contribution < -0.4 is 5.73 Å². The van der Waals surface area contributed by atoms with Crippen molar-refractivity contribution in [2.45, 2.75) is 200 Å². The van der Waals surface area contributed by atoms with Crippen molar-refractivity contribution in [2.75, 3.05) is 33.0 Å². The molecule has 0 aromatic carbocycles. The molecule has 3 N–H and O–H groups in total. The molecule has 0 saturated carbocycles. The molecule has 2 unspecified atom stereocenters. The van der Waals surface area contributed by atoms with E-state index in [1.165, 1.54) is 89.9 Å². The van der Waals surface area contributed by atoms with Gasteiger partial charge in [-0.3, -0.25) is 13.8 Å². The SMILES string of the molecule is CC/C=C\C/C=C\C/C=C\C/C=C\C/C=C\C/C=C\C/C=C\CCCCOCC(COP(=O)(O)OCCN)OC(=O)CCCCCCCCCCCCCCCCCCC. The third kappa shape index (κ3) is 46.7. The molecule has 0 amide bonds. The molecule has 0 heterocycles. The molecular weight excluding hydrogens is 770 g/mol. The van der Waals surface area contributed by atoms with E-state index in [0.717, 1.165) is 83.5 Å². The normalized spacial score (nSPS) is 14.1. The van der Waals surface area contributed by atoms with Gasteiger partial charge in [-0.25, -0.2) is 4.57 Å². The van der Waals surface area contributed by atoms with E-state index in [1.807, 2.05) is 0 Å². The summed E-state index contributed by atoms with van der Waals surface area (Å²) in [5, 5.41) is 0. The van der Waals surface area contributed by atoms with Gasteiger partial charge in [-0.2, -0.15) is 0 Å². The number of phosphoric ester groups is 1. The number of phosphoric acid groups is 1. The van der Waals surface area contributed by atoms with Gasteiger partial charge in [0.05, 0.1) is 19.8 Å². The van der Waals surface area contributed by atoms with E-state index in [-0.39, 0.29) is 32.3 Å². The van der Waals surface area contributed by atoms with Crippen LogP contribution >= 0.6 is 7.82 Å². The highest BCUT2D eigenvalue weighted by Crippen LogP contribution is 2.43. The third-order valence-corrected chi connectivity index (χ3v) is 10.8. The first kappa shape index (κ1) is 57.7. The fraction of sp³-hybridized carbons (Fsp3) is 0.706. The second-order valence-corrected chi connectivity index (χ2v) is 17.1. The Balaban J connectivity index is 4.09. The molecule has 0 aliphatic carbocycles. The van der Waals surface area contributed by atoms with Gasteiger partial charge in [0.2, 0.25) is 0 Å². The van der Waals surface area contributed by atoms with Crippen LogP contribution in [0.3, 0.4) is 0 Å². The summed E-state index contributed by atoms with van der Waals surface area (Å²) in [5.74, 6) is -0.346. The van der Waals surface area contributed by atoms with Crippen LogP contribution in [0.15, 0.2) is 85.1 Å². The van der Waals surface area contributed by atoms with E-state index in [0.29, 0.717) is 13.0 Å². The number of carbonyl (C=O) groups is 1. The molecule has 346 valence electrons. The molecule has 0 radical (unpaired) electrons. The smallest absolute Gasteiger partial charge is 0.457 e. The van der Waals surface area contributed by atoms with Crippen molar-refractivity contribution in [3.8, 4) is 0 Å². The first-order valence-corrected chi connectivity index (χ1v) is 25.6. The lowest BCUT2D eigenvalue weighted by molar-refractivity contribution is -0.154. The van der Waals surface area contributed by atoms with Crippen LogP contribution in [0.2, 0.25) is 0 Å². The molecule has 0 spiro atoms. The Morgan fingerprint density at radius 3 is 1.37 bits per heavy atom. The zero-order valence-electron chi connectivity index (χ0n) is 38.4. The van der Waals surface area contributed by atoms with Crippen LogP contribution in [0.1, 0.15) is 194 Å². The van der Waals surface area contributed by atoms with Gasteiger partial charge in [0.15, 0.2) is 0 Å². The Morgan fingerprint density at radius 2 is 0.933 bits per heavy atom. The number of rotatable bonds is 45. The minimum absolute atomic E-state index is 0.0835. The average Bonchev–Trinajstić information content (AvgIpc) is 3.24. The topological polar surface area (TPSA) is 117 Å². The molecule has 0 saturated heterocycles. The number of unbranched alkanes of at least 4 members (excludes halogenated alkanes) is 18. The molecule has 9 heteroatoms. The van der Waals surface area contributed by atoms with E-state index in [2.05, 4.69) is 98.9 Å². The van der Waals surface area contributed by atoms with Gasteiger partial charge < -0.3 is 20.1 Å². The van der Waals surface area contributed by atoms with Crippen LogP contribution in [-0.2, 0) is 27.9 Å².